The first-order valence-corrected chi connectivity index (χ1v) is 14.4. The number of halogens is 1. The summed E-state index contributed by atoms with van der Waals surface area (Å²) in [4.78, 5) is 22.2. The molecule has 3 aromatic carbocycles. The van der Waals surface area contributed by atoms with Crippen LogP contribution in [-0.2, 0) is 22.5 Å². The molecule has 2 atom stereocenters. The maximum Gasteiger partial charge on any atom is 0.252 e. The van der Waals surface area contributed by atoms with Crippen LogP contribution in [-0.4, -0.2) is 42.2 Å². The first-order valence-electron chi connectivity index (χ1n) is 13.6. The molecule has 0 spiro atoms. The van der Waals surface area contributed by atoms with E-state index in [2.05, 4.69) is 31.3 Å². The summed E-state index contributed by atoms with van der Waals surface area (Å²) in [6.07, 6.45) is 0.0497. The summed E-state index contributed by atoms with van der Waals surface area (Å²) in [5.41, 5.74) is 10.8. The van der Waals surface area contributed by atoms with Crippen molar-refractivity contribution in [3.63, 3.8) is 0 Å². The van der Waals surface area contributed by atoms with Gasteiger partial charge in [0.1, 0.15) is 5.75 Å². The minimum atomic E-state index is -1.33. The van der Waals surface area contributed by atoms with Gasteiger partial charge in [0.15, 0.2) is 11.6 Å². The van der Waals surface area contributed by atoms with E-state index in [1.807, 2.05) is 86.6 Å². The molecule has 0 unspecified atom stereocenters. The van der Waals surface area contributed by atoms with Crippen molar-refractivity contribution in [2.75, 3.05) is 19.8 Å². The van der Waals surface area contributed by atoms with Crippen molar-refractivity contribution in [3.8, 4) is 5.75 Å². The molecular formula is C31H34BrN5O4. The number of amides is 1. The fourth-order valence-corrected chi connectivity index (χ4v) is 4.93. The molecular weight excluding hydrogens is 586 g/mol. The van der Waals surface area contributed by atoms with E-state index in [9.17, 15) is 4.79 Å². The first-order chi connectivity index (χ1) is 19.9. The topological polar surface area (TPSA) is 129 Å². The number of rotatable bonds is 13. The minimum Gasteiger partial charge on any atom is -0.494 e. The smallest absolute Gasteiger partial charge is 0.252 e. The fourth-order valence-electron chi connectivity index (χ4n) is 4.66. The molecule has 0 fully saturated rings. The molecule has 3 aromatic rings. The first kappa shape index (κ1) is 30.1. The van der Waals surface area contributed by atoms with Crippen LogP contribution < -0.4 is 10.1 Å². The molecule has 0 aliphatic carbocycles. The number of nitrogens with zero attached hydrogens (tertiary/aromatic N) is 4. The van der Waals surface area contributed by atoms with Gasteiger partial charge in [-0.2, -0.15) is 0 Å². The highest BCUT2D eigenvalue weighted by Gasteiger charge is 2.53. The van der Waals surface area contributed by atoms with Crippen molar-refractivity contribution in [2.45, 2.75) is 44.9 Å². The van der Waals surface area contributed by atoms with Gasteiger partial charge in [0.05, 0.1) is 13.2 Å². The lowest BCUT2D eigenvalue weighted by Crippen LogP contribution is -2.50. The average Bonchev–Trinajstić information content (AvgIpc) is 3.36. The Kier molecular flexibility index (Phi) is 10.4. The summed E-state index contributed by atoms with van der Waals surface area (Å²) in [7, 11) is 0. The number of ether oxygens (including phenoxy) is 2. The lowest BCUT2D eigenvalue weighted by molar-refractivity contribution is -0.129. The molecule has 0 aromatic heterocycles. The average molecular weight is 621 g/mol. The molecule has 0 saturated carbocycles. The Balaban J connectivity index is 1.82. The molecule has 0 saturated heterocycles. The maximum absolute atomic E-state index is 14.2. The second-order valence-electron chi connectivity index (χ2n) is 10.3. The van der Waals surface area contributed by atoms with Gasteiger partial charge in [-0.1, -0.05) is 71.3 Å². The molecule has 1 aliphatic rings. The van der Waals surface area contributed by atoms with E-state index in [1.54, 1.807) is 0 Å². The minimum absolute atomic E-state index is 0.0601. The number of nitrogens with one attached hydrogen (secondary N) is 1. The molecule has 0 radical (unpaired) electrons. The third-order valence-corrected chi connectivity index (χ3v) is 7.26. The van der Waals surface area contributed by atoms with E-state index in [4.69, 9.17) is 25.1 Å². The molecule has 214 valence electrons. The summed E-state index contributed by atoms with van der Waals surface area (Å²) in [5.74, 6) is 1.00. The number of carbonyl (C=O) groups is 1. The van der Waals surface area contributed by atoms with Crippen molar-refractivity contribution in [3.05, 3.63) is 110 Å². The van der Waals surface area contributed by atoms with Crippen LogP contribution in [0.25, 0.3) is 10.4 Å². The van der Waals surface area contributed by atoms with Crippen molar-refractivity contribution in [1.29, 1.82) is 0 Å². The van der Waals surface area contributed by atoms with Gasteiger partial charge in [0.2, 0.25) is 5.90 Å². The van der Waals surface area contributed by atoms with Gasteiger partial charge in [0, 0.05) is 40.9 Å². The zero-order chi connectivity index (χ0) is 29.2. The Morgan fingerprint density at radius 1 is 1.17 bits per heavy atom. The van der Waals surface area contributed by atoms with Crippen molar-refractivity contribution in [2.24, 2.45) is 16.0 Å². The highest BCUT2D eigenvalue weighted by molar-refractivity contribution is 9.10. The van der Waals surface area contributed by atoms with Crippen LogP contribution in [0.4, 0.5) is 0 Å². The maximum atomic E-state index is 14.2. The quantitative estimate of drug-likeness (QED) is 0.101. The summed E-state index contributed by atoms with van der Waals surface area (Å²) < 4.78 is 13.2. The fraction of sp³-hybridized carbons (Fsp3) is 0.355. The number of aliphatic hydroxyl groups is 1. The third-order valence-electron chi connectivity index (χ3n) is 6.73. The van der Waals surface area contributed by atoms with E-state index in [0.717, 1.165) is 21.2 Å². The summed E-state index contributed by atoms with van der Waals surface area (Å²) in [5, 5.41) is 15.9. The number of carbonyl (C=O) groups excluding carboxylic acids is 1. The van der Waals surface area contributed by atoms with Gasteiger partial charge >= 0.3 is 0 Å². The molecule has 1 amide bonds. The molecule has 1 heterocycles. The number of hydrogen-bond acceptors (Lipinski definition) is 6. The SMILES string of the molecule is CC(C)CNC(=O)[C@]1(Cc2ccc(Br)cc2)N=C(c2ccc(OCCCO)cc2)O[C@@H]1c1ccccc1CN=[N+]=[N-]. The van der Waals surface area contributed by atoms with E-state index in [0.29, 0.717) is 36.8 Å². The van der Waals surface area contributed by atoms with E-state index in [1.165, 1.54) is 0 Å². The largest absolute Gasteiger partial charge is 0.494 e. The van der Waals surface area contributed by atoms with Crippen molar-refractivity contribution >= 4 is 27.7 Å². The Morgan fingerprint density at radius 3 is 2.59 bits per heavy atom. The molecule has 41 heavy (non-hydrogen) atoms. The Labute approximate surface area is 248 Å². The molecule has 9 nitrogen and oxygen atoms in total. The molecule has 0 bridgehead atoms. The second-order valence-corrected chi connectivity index (χ2v) is 11.2. The van der Waals surface area contributed by atoms with Gasteiger partial charge in [0.25, 0.3) is 5.91 Å². The lowest BCUT2D eigenvalue weighted by Gasteiger charge is -2.32. The summed E-state index contributed by atoms with van der Waals surface area (Å²) >= 11 is 3.50. The summed E-state index contributed by atoms with van der Waals surface area (Å²) in [6, 6.07) is 22.7. The Hall–Kier alpha value is -3.85. The standard InChI is InChI=1S/C31H34BrN5O4/c1-21(2)19-34-30(39)31(18-22-8-12-25(32)13-9-22)28(27-7-4-3-6-24(27)20-35-37-33)41-29(36-31)23-10-14-26(15-11-23)40-17-5-16-38/h3-4,6-15,21,28,38H,5,16-20H2,1-2H3,(H,34,39)/t28-,31-/m1/s1. The Morgan fingerprint density at radius 2 is 1.90 bits per heavy atom. The Bertz CT molecular complexity index is 1400. The predicted molar refractivity (Wildman–Crippen MR) is 162 cm³/mol. The van der Waals surface area contributed by atoms with E-state index < -0.39 is 11.6 Å². The van der Waals surface area contributed by atoms with Gasteiger partial charge in [-0.05, 0) is 64.5 Å². The van der Waals surface area contributed by atoms with Crippen LogP contribution in [0.5, 0.6) is 5.75 Å². The molecule has 10 heteroatoms. The number of hydrogen-bond donors (Lipinski definition) is 2. The lowest BCUT2D eigenvalue weighted by atomic mass is 9.80. The summed E-state index contributed by atoms with van der Waals surface area (Å²) in [6.45, 7) is 5.15. The third kappa shape index (κ3) is 7.47. The predicted octanol–water partition coefficient (Wildman–Crippen LogP) is 6.29. The zero-order valence-corrected chi connectivity index (χ0v) is 24.8. The van der Waals surface area contributed by atoms with E-state index in [-0.39, 0.29) is 31.4 Å². The molecule has 1 aliphatic heterocycles. The van der Waals surface area contributed by atoms with E-state index >= 15 is 0 Å². The number of azide groups is 1. The zero-order valence-electron chi connectivity index (χ0n) is 23.2. The van der Waals surface area contributed by atoms with Crippen LogP contribution >= 0.6 is 15.9 Å². The highest BCUT2D eigenvalue weighted by atomic mass is 79.9. The van der Waals surface area contributed by atoms with Gasteiger partial charge in [-0.25, -0.2) is 4.99 Å². The monoisotopic (exact) mass is 619 g/mol. The van der Waals surface area contributed by atoms with Crippen LogP contribution in [0.1, 0.15) is 48.6 Å². The normalized spacial score (nSPS) is 17.9. The molecule has 2 N–H and O–H groups in total. The van der Waals surface area contributed by atoms with Crippen LogP contribution in [0.3, 0.4) is 0 Å². The number of benzene rings is 3. The van der Waals surface area contributed by atoms with Crippen molar-refractivity contribution in [1.82, 2.24) is 5.32 Å². The highest BCUT2D eigenvalue weighted by Crippen LogP contribution is 2.44. The van der Waals surface area contributed by atoms with Gasteiger partial charge in [-0.15, -0.1) is 0 Å². The van der Waals surface area contributed by atoms with Gasteiger partial charge < -0.3 is 19.9 Å². The van der Waals surface area contributed by atoms with Crippen molar-refractivity contribution < 1.29 is 19.4 Å². The second kappa shape index (κ2) is 14.2. The molecule has 4 rings (SSSR count). The van der Waals surface area contributed by atoms with Crippen LogP contribution in [0.2, 0.25) is 0 Å². The number of aliphatic hydroxyl groups excluding tert-OH is 1. The van der Waals surface area contributed by atoms with Gasteiger partial charge in [-0.3, -0.25) is 4.79 Å². The van der Waals surface area contributed by atoms with Crippen LogP contribution in [0, 0.1) is 5.92 Å². The number of aliphatic imine (C=N–C) groups is 1. The van der Waals surface area contributed by atoms with Crippen LogP contribution in [0.15, 0.2) is 87.4 Å².